The van der Waals surface area contributed by atoms with Crippen LogP contribution in [0.4, 0.5) is 13.2 Å². The van der Waals surface area contributed by atoms with Gasteiger partial charge in [0.2, 0.25) is 0 Å². The van der Waals surface area contributed by atoms with Crippen molar-refractivity contribution in [2.75, 3.05) is 0 Å². The zero-order valence-corrected chi connectivity index (χ0v) is 9.79. The first kappa shape index (κ1) is 13.4. The largest absolute Gasteiger partial charge is 0.350 e. The van der Waals surface area contributed by atoms with Crippen molar-refractivity contribution in [1.82, 2.24) is 0 Å². The molecule has 0 aromatic carbocycles. The minimum atomic E-state index is -3.99. The molecule has 0 saturated carbocycles. The molecule has 2 unspecified atom stereocenters. The van der Waals surface area contributed by atoms with E-state index in [0.29, 0.717) is 0 Å². The van der Waals surface area contributed by atoms with E-state index in [4.69, 9.17) is 46.4 Å². The standard InChI is InChI=1S/C4H2BrCl4F3/c5-4(11,12)3(9,10)1(6)2(7)8/h1-2H. The molecule has 0 aliphatic carbocycles. The Morgan fingerprint density at radius 3 is 1.50 bits per heavy atom. The van der Waals surface area contributed by atoms with Crippen LogP contribution >= 0.6 is 62.3 Å². The van der Waals surface area contributed by atoms with Crippen LogP contribution < -0.4 is 0 Å². The molecule has 0 heterocycles. The Hall–Kier alpha value is 1.43. The van der Waals surface area contributed by atoms with Crippen molar-refractivity contribution in [3.63, 3.8) is 0 Å². The van der Waals surface area contributed by atoms with Gasteiger partial charge in [-0.3, -0.25) is 0 Å². The third-order valence-corrected chi connectivity index (χ3v) is 3.65. The number of rotatable bonds is 3. The summed E-state index contributed by atoms with van der Waals surface area (Å²) in [4.78, 5) is -5.52. The molecule has 74 valence electrons. The van der Waals surface area contributed by atoms with Gasteiger partial charge < -0.3 is 0 Å². The number of halogens is 8. The highest BCUT2D eigenvalue weighted by atomic mass is 79.9. The van der Waals surface area contributed by atoms with E-state index in [9.17, 15) is 13.2 Å². The van der Waals surface area contributed by atoms with E-state index in [1.54, 1.807) is 15.9 Å². The molecule has 0 bridgehead atoms. The van der Waals surface area contributed by atoms with Crippen LogP contribution in [0.15, 0.2) is 0 Å². The first-order valence-electron chi connectivity index (χ1n) is 2.47. The third-order valence-electron chi connectivity index (χ3n) is 0.946. The van der Waals surface area contributed by atoms with Crippen LogP contribution in [0.3, 0.4) is 0 Å². The lowest BCUT2D eigenvalue weighted by molar-refractivity contribution is -0.00531. The topological polar surface area (TPSA) is 0 Å². The van der Waals surface area contributed by atoms with Crippen molar-refractivity contribution >= 4 is 62.3 Å². The highest BCUT2D eigenvalue weighted by Crippen LogP contribution is 2.47. The van der Waals surface area contributed by atoms with Crippen LogP contribution in [-0.2, 0) is 0 Å². The van der Waals surface area contributed by atoms with E-state index in [2.05, 4.69) is 0 Å². The molecule has 0 rings (SSSR count). The molecular weight excluding hydrogens is 327 g/mol. The Morgan fingerprint density at radius 2 is 1.42 bits per heavy atom. The summed E-state index contributed by atoms with van der Waals surface area (Å²) < 4.78 is 37.5. The monoisotopic (exact) mass is 326 g/mol. The first-order valence-corrected chi connectivity index (χ1v) is 4.95. The van der Waals surface area contributed by atoms with Gasteiger partial charge >= 0.3 is 4.83 Å². The van der Waals surface area contributed by atoms with Gasteiger partial charge in [0.05, 0.1) is 0 Å². The van der Waals surface area contributed by atoms with Crippen LogP contribution in [0.25, 0.3) is 0 Å². The van der Waals surface area contributed by atoms with E-state index in [1.807, 2.05) is 0 Å². The van der Waals surface area contributed by atoms with Crippen molar-refractivity contribution in [2.24, 2.45) is 0 Å². The van der Waals surface area contributed by atoms with Gasteiger partial charge in [-0.2, -0.15) is 8.78 Å². The van der Waals surface area contributed by atoms with E-state index in [1.165, 1.54) is 0 Å². The average Bonchev–Trinajstić information content (AvgIpc) is 1.83. The van der Waals surface area contributed by atoms with Crippen molar-refractivity contribution in [2.45, 2.75) is 20.2 Å². The smallest absolute Gasteiger partial charge is 0.217 e. The lowest BCUT2D eigenvalue weighted by atomic mass is 10.3. The first-order chi connectivity index (χ1) is 5.10. The summed E-state index contributed by atoms with van der Waals surface area (Å²) in [5.74, 6) is 0. The SMILES string of the molecule is FC(F)(Br)C(F)(Cl)C(Cl)C(Cl)Cl. The summed E-state index contributed by atoms with van der Waals surface area (Å²) in [6.07, 6.45) is 0. The maximum Gasteiger partial charge on any atom is 0.350 e. The van der Waals surface area contributed by atoms with E-state index in [-0.39, 0.29) is 0 Å². The summed E-state index contributed by atoms with van der Waals surface area (Å²) in [7, 11) is 0. The fourth-order valence-corrected chi connectivity index (χ4v) is 1.43. The summed E-state index contributed by atoms with van der Waals surface area (Å²) in [6, 6.07) is 0. The van der Waals surface area contributed by atoms with Gasteiger partial charge in [0.1, 0.15) is 10.2 Å². The van der Waals surface area contributed by atoms with Gasteiger partial charge in [-0.25, -0.2) is 4.39 Å². The van der Waals surface area contributed by atoms with Crippen molar-refractivity contribution in [3.8, 4) is 0 Å². The molecule has 0 amide bonds. The second-order valence-corrected chi connectivity index (χ2v) is 5.04. The summed E-state index contributed by atoms with van der Waals surface area (Å²) in [5.41, 5.74) is 0. The molecule has 0 fully saturated rings. The summed E-state index contributed by atoms with van der Waals surface area (Å²) >= 11 is 21.8. The normalized spacial score (nSPS) is 20.8. The molecule has 0 radical (unpaired) electrons. The van der Waals surface area contributed by atoms with Crippen molar-refractivity contribution in [1.29, 1.82) is 0 Å². The Morgan fingerprint density at radius 1 is 1.08 bits per heavy atom. The molecule has 0 aliphatic heterocycles. The quantitative estimate of drug-likeness (QED) is 0.678. The molecule has 8 heteroatoms. The van der Waals surface area contributed by atoms with Gasteiger partial charge in [0.15, 0.2) is 0 Å². The molecular formula is C4H2BrCl4F3. The molecule has 0 spiro atoms. The second kappa shape index (κ2) is 4.30. The molecule has 0 aliphatic rings. The minimum Gasteiger partial charge on any atom is -0.217 e. The van der Waals surface area contributed by atoms with Crippen LogP contribution in [0.5, 0.6) is 0 Å². The zero-order valence-electron chi connectivity index (χ0n) is 5.18. The molecule has 0 nitrogen and oxygen atoms in total. The molecule has 12 heavy (non-hydrogen) atoms. The fraction of sp³-hybridized carbons (Fsp3) is 1.00. The zero-order chi connectivity index (χ0) is 10.2. The lowest BCUT2D eigenvalue weighted by Gasteiger charge is -2.27. The lowest BCUT2D eigenvalue weighted by Crippen LogP contribution is -2.45. The van der Waals surface area contributed by atoms with Crippen molar-refractivity contribution in [3.05, 3.63) is 0 Å². The maximum absolute atomic E-state index is 12.9. The van der Waals surface area contributed by atoms with E-state index >= 15 is 0 Å². The van der Waals surface area contributed by atoms with E-state index in [0.717, 1.165) is 0 Å². The van der Waals surface area contributed by atoms with Gasteiger partial charge in [-0.15, -0.1) is 34.8 Å². The molecule has 0 N–H and O–H groups in total. The molecule has 0 aromatic heterocycles. The van der Waals surface area contributed by atoms with Crippen LogP contribution in [0, 0.1) is 0 Å². The van der Waals surface area contributed by atoms with Gasteiger partial charge in [-0.05, 0) is 15.9 Å². The van der Waals surface area contributed by atoms with Crippen molar-refractivity contribution < 1.29 is 13.2 Å². The van der Waals surface area contributed by atoms with Gasteiger partial charge in [-0.1, -0.05) is 11.6 Å². The second-order valence-electron chi connectivity index (χ2n) is 1.86. The third kappa shape index (κ3) is 2.98. The Labute approximate surface area is 95.4 Å². The fourth-order valence-electron chi connectivity index (χ4n) is 0.315. The Balaban J connectivity index is 4.61. The summed E-state index contributed by atoms with van der Waals surface area (Å²) in [5, 5.41) is -5.44. The van der Waals surface area contributed by atoms with Crippen LogP contribution in [-0.4, -0.2) is 20.2 Å². The highest BCUT2D eigenvalue weighted by molar-refractivity contribution is 9.10. The predicted molar refractivity (Wildman–Crippen MR) is 48.7 cm³/mol. The number of hydrogen-bond donors (Lipinski definition) is 0. The Kier molecular flexibility index (Phi) is 4.81. The van der Waals surface area contributed by atoms with Gasteiger partial charge in [0, 0.05) is 0 Å². The van der Waals surface area contributed by atoms with Gasteiger partial charge in [0.25, 0.3) is 5.13 Å². The maximum atomic E-state index is 12.9. The van der Waals surface area contributed by atoms with E-state index < -0.39 is 20.2 Å². The number of hydrogen-bond acceptors (Lipinski definition) is 0. The Bertz CT molecular complexity index is 157. The minimum absolute atomic E-state index is 1.53. The summed E-state index contributed by atoms with van der Waals surface area (Å²) in [6.45, 7) is 0. The average molecular weight is 329 g/mol. The predicted octanol–water partition coefficient (Wildman–Crippen LogP) is 4.29. The number of alkyl halides is 8. The van der Waals surface area contributed by atoms with Crippen LogP contribution in [0.2, 0.25) is 0 Å². The van der Waals surface area contributed by atoms with Crippen LogP contribution in [0.1, 0.15) is 0 Å². The molecule has 0 aromatic rings. The molecule has 2 atom stereocenters. The highest BCUT2D eigenvalue weighted by Gasteiger charge is 2.58. The molecule has 0 saturated heterocycles.